The lowest BCUT2D eigenvalue weighted by molar-refractivity contribution is 1.08. The van der Waals surface area contributed by atoms with Crippen molar-refractivity contribution < 1.29 is 0 Å². The number of aliphatic imine (C=N–C) groups is 2. The van der Waals surface area contributed by atoms with E-state index < -0.39 is 0 Å². The molecular weight excluding hydrogens is 308 g/mol. The van der Waals surface area contributed by atoms with E-state index in [4.69, 9.17) is 4.99 Å². The molecule has 0 aromatic carbocycles. The summed E-state index contributed by atoms with van der Waals surface area (Å²) < 4.78 is 0. The van der Waals surface area contributed by atoms with Crippen LogP contribution in [-0.2, 0) is 0 Å². The second-order valence-electron chi connectivity index (χ2n) is 6.12. The summed E-state index contributed by atoms with van der Waals surface area (Å²) in [4.78, 5) is 15.8. The molecule has 0 radical (unpaired) electrons. The number of hydrogen-bond donors (Lipinski definition) is 2. The van der Waals surface area contributed by atoms with Gasteiger partial charge in [0.05, 0.1) is 5.70 Å². The highest BCUT2D eigenvalue weighted by Gasteiger charge is 2.09. The fraction of sp³-hybridized carbons (Fsp3) is 0.143. The first kappa shape index (κ1) is 15.4. The summed E-state index contributed by atoms with van der Waals surface area (Å²) in [7, 11) is 0. The summed E-state index contributed by atoms with van der Waals surface area (Å²) in [5, 5.41) is 2.24. The third-order valence-electron chi connectivity index (χ3n) is 4.22. The lowest BCUT2D eigenvalue weighted by atomic mass is 10.2. The fourth-order valence-electron chi connectivity index (χ4n) is 2.96. The second-order valence-corrected chi connectivity index (χ2v) is 6.12. The zero-order chi connectivity index (χ0) is 17.1. The molecule has 0 bridgehead atoms. The molecule has 0 fully saturated rings. The Balaban J connectivity index is 1.53. The summed E-state index contributed by atoms with van der Waals surface area (Å²) >= 11 is 0. The lowest BCUT2D eigenvalue weighted by Crippen LogP contribution is -2.10. The Bertz CT molecular complexity index is 1040. The zero-order valence-corrected chi connectivity index (χ0v) is 14.2. The first-order chi connectivity index (χ1) is 12.3. The molecule has 0 aliphatic carbocycles. The summed E-state index contributed by atoms with van der Waals surface area (Å²) in [5.74, 6) is 0. The van der Waals surface area contributed by atoms with Crippen LogP contribution < -0.4 is 10.7 Å². The first-order valence-electron chi connectivity index (χ1n) is 8.51. The van der Waals surface area contributed by atoms with Crippen molar-refractivity contribution in [2.45, 2.75) is 19.8 Å². The molecule has 2 aromatic heterocycles. The van der Waals surface area contributed by atoms with Gasteiger partial charge in [-0.25, -0.2) is 0 Å². The SMILES string of the molecule is C/C=c1/cc/c(=C/C2=NC(=C\c3ccc(/C=C4/C=CC=N4)[nH]3)/CC2)[nH]1. The molecule has 0 atom stereocenters. The molecule has 25 heavy (non-hydrogen) atoms. The Morgan fingerprint density at radius 1 is 0.920 bits per heavy atom. The average Bonchev–Trinajstić information content (AvgIpc) is 3.38. The van der Waals surface area contributed by atoms with E-state index in [1.165, 1.54) is 0 Å². The van der Waals surface area contributed by atoms with E-state index >= 15 is 0 Å². The number of nitrogens with one attached hydrogen (secondary N) is 2. The van der Waals surface area contributed by atoms with Crippen LogP contribution in [-0.4, -0.2) is 21.9 Å². The summed E-state index contributed by atoms with van der Waals surface area (Å²) in [6.07, 6.45) is 16.0. The molecule has 2 aliphatic heterocycles. The highest BCUT2D eigenvalue weighted by atomic mass is 14.8. The smallest absolute Gasteiger partial charge is 0.0650 e. The molecule has 0 saturated carbocycles. The van der Waals surface area contributed by atoms with Gasteiger partial charge in [-0.3, -0.25) is 9.98 Å². The third-order valence-corrected chi connectivity index (χ3v) is 4.22. The number of nitrogens with zero attached hydrogens (tertiary/aromatic N) is 2. The van der Waals surface area contributed by atoms with Gasteiger partial charge < -0.3 is 9.97 Å². The standard InChI is InChI=1S/C21H20N4/c1-2-15-5-6-18(23-15)13-19-9-10-21(25-19)14-20-8-7-17(24-20)12-16-4-3-11-22-16/h2-8,11-14,23-24H,9-10H2,1H3/b15-2-,16-12-,18-13-,21-14-. The van der Waals surface area contributed by atoms with Crippen molar-refractivity contribution in [2.75, 3.05) is 0 Å². The van der Waals surface area contributed by atoms with Gasteiger partial charge in [-0.05, 0) is 74.4 Å². The van der Waals surface area contributed by atoms with E-state index in [1.54, 1.807) is 6.21 Å². The molecule has 4 heterocycles. The maximum Gasteiger partial charge on any atom is 0.0650 e. The van der Waals surface area contributed by atoms with Crippen LogP contribution in [0.25, 0.3) is 24.3 Å². The van der Waals surface area contributed by atoms with Gasteiger partial charge in [-0.2, -0.15) is 0 Å². The molecule has 2 N–H and O–H groups in total. The van der Waals surface area contributed by atoms with Crippen LogP contribution in [0, 0.1) is 0 Å². The van der Waals surface area contributed by atoms with Crippen LogP contribution >= 0.6 is 0 Å². The third kappa shape index (κ3) is 3.69. The number of rotatable bonds is 3. The van der Waals surface area contributed by atoms with Gasteiger partial charge in [-0.15, -0.1) is 0 Å². The van der Waals surface area contributed by atoms with E-state index in [-0.39, 0.29) is 0 Å². The molecule has 0 spiro atoms. The Morgan fingerprint density at radius 2 is 1.76 bits per heavy atom. The monoisotopic (exact) mass is 328 g/mol. The zero-order valence-electron chi connectivity index (χ0n) is 14.2. The number of allylic oxidation sites excluding steroid dienone is 3. The topological polar surface area (TPSA) is 56.3 Å². The van der Waals surface area contributed by atoms with Gasteiger partial charge in [0.1, 0.15) is 0 Å². The molecule has 4 heteroatoms. The maximum atomic E-state index is 4.75. The quantitative estimate of drug-likeness (QED) is 0.869. The van der Waals surface area contributed by atoms with Crippen LogP contribution in [0.2, 0.25) is 0 Å². The minimum absolute atomic E-state index is 0.964. The Kier molecular flexibility index (Phi) is 4.17. The predicted molar refractivity (Wildman–Crippen MR) is 106 cm³/mol. The summed E-state index contributed by atoms with van der Waals surface area (Å²) in [6.45, 7) is 2.03. The normalized spacial score (nSPS) is 21.2. The molecule has 0 saturated heterocycles. The Morgan fingerprint density at radius 3 is 2.52 bits per heavy atom. The van der Waals surface area contributed by atoms with Gasteiger partial charge in [0.25, 0.3) is 0 Å². The van der Waals surface area contributed by atoms with E-state index in [2.05, 4.69) is 57.5 Å². The van der Waals surface area contributed by atoms with Crippen molar-refractivity contribution in [2.24, 2.45) is 9.98 Å². The van der Waals surface area contributed by atoms with Gasteiger partial charge in [-0.1, -0.05) is 6.08 Å². The maximum absolute atomic E-state index is 4.75. The minimum Gasteiger partial charge on any atom is -0.356 e. The van der Waals surface area contributed by atoms with Crippen molar-refractivity contribution in [3.05, 3.63) is 69.9 Å². The number of H-pyrrole nitrogens is 2. The van der Waals surface area contributed by atoms with Crippen LogP contribution in [0.15, 0.2) is 57.8 Å². The van der Waals surface area contributed by atoms with E-state index in [0.29, 0.717) is 0 Å². The van der Waals surface area contributed by atoms with Gasteiger partial charge >= 0.3 is 0 Å². The van der Waals surface area contributed by atoms with Gasteiger partial charge in [0.15, 0.2) is 0 Å². The molecule has 4 rings (SSSR count). The molecule has 2 aromatic rings. The largest absolute Gasteiger partial charge is 0.356 e. The van der Waals surface area contributed by atoms with Crippen LogP contribution in [0.3, 0.4) is 0 Å². The number of aromatic nitrogens is 2. The molecule has 2 aliphatic rings. The van der Waals surface area contributed by atoms with Crippen molar-refractivity contribution in [3.8, 4) is 0 Å². The molecular formula is C21H20N4. The van der Waals surface area contributed by atoms with E-state index in [9.17, 15) is 0 Å². The minimum atomic E-state index is 0.964. The van der Waals surface area contributed by atoms with Crippen molar-refractivity contribution >= 4 is 36.2 Å². The molecule has 124 valence electrons. The van der Waals surface area contributed by atoms with Gasteiger partial charge in [0, 0.05) is 39.7 Å². The summed E-state index contributed by atoms with van der Waals surface area (Å²) in [6, 6.07) is 8.31. The highest BCUT2D eigenvalue weighted by molar-refractivity contribution is 6.11. The molecule has 0 unspecified atom stereocenters. The molecule has 0 amide bonds. The van der Waals surface area contributed by atoms with Crippen molar-refractivity contribution in [1.82, 2.24) is 9.97 Å². The number of aromatic amines is 2. The second kappa shape index (κ2) is 6.77. The number of hydrogen-bond acceptors (Lipinski definition) is 2. The van der Waals surface area contributed by atoms with Crippen molar-refractivity contribution in [3.63, 3.8) is 0 Å². The van der Waals surface area contributed by atoms with Gasteiger partial charge in [0.2, 0.25) is 0 Å². The predicted octanol–water partition coefficient (Wildman–Crippen LogP) is 3.18. The van der Waals surface area contributed by atoms with Crippen LogP contribution in [0.1, 0.15) is 31.2 Å². The Labute approximate surface area is 146 Å². The highest BCUT2D eigenvalue weighted by Crippen LogP contribution is 2.21. The fourth-order valence-corrected chi connectivity index (χ4v) is 2.96. The first-order valence-corrected chi connectivity index (χ1v) is 8.51. The summed E-state index contributed by atoms with van der Waals surface area (Å²) in [5.41, 5.74) is 5.32. The van der Waals surface area contributed by atoms with Crippen LogP contribution in [0.4, 0.5) is 0 Å². The van der Waals surface area contributed by atoms with E-state index in [0.717, 1.165) is 52.0 Å². The van der Waals surface area contributed by atoms with Crippen molar-refractivity contribution in [1.29, 1.82) is 0 Å². The van der Waals surface area contributed by atoms with Crippen LogP contribution in [0.5, 0.6) is 0 Å². The Hall–Kier alpha value is -3.14. The average molecular weight is 328 g/mol. The van der Waals surface area contributed by atoms with E-state index in [1.807, 2.05) is 25.2 Å². The lowest BCUT2D eigenvalue weighted by Gasteiger charge is -1.92. The molecule has 4 nitrogen and oxygen atoms in total.